The van der Waals surface area contributed by atoms with Gasteiger partial charge in [-0.05, 0) is 50.8 Å². The Morgan fingerprint density at radius 1 is 1.20 bits per heavy atom. The summed E-state index contributed by atoms with van der Waals surface area (Å²) >= 11 is 1.54. The second kappa shape index (κ2) is 8.30. The lowest BCUT2D eigenvalue weighted by molar-refractivity contribution is -0.123. The molecule has 0 spiro atoms. The van der Waals surface area contributed by atoms with Crippen molar-refractivity contribution in [1.29, 1.82) is 0 Å². The van der Waals surface area contributed by atoms with Gasteiger partial charge in [0.2, 0.25) is 0 Å². The first-order valence-corrected chi connectivity index (χ1v) is 9.32. The zero-order valence-corrected chi connectivity index (χ0v) is 16.2. The average molecular weight is 359 g/mol. The summed E-state index contributed by atoms with van der Waals surface area (Å²) in [6, 6.07) is 9.53. The number of hydrogen-bond donors (Lipinski definition) is 1. The van der Waals surface area contributed by atoms with E-state index in [0.29, 0.717) is 11.5 Å². The third-order valence-electron chi connectivity index (χ3n) is 4.28. The molecule has 1 aromatic heterocycles. The Morgan fingerprint density at radius 2 is 1.88 bits per heavy atom. The molecule has 2 rings (SSSR count). The lowest BCUT2D eigenvalue weighted by atomic mass is 9.97. The van der Waals surface area contributed by atoms with Crippen LogP contribution in [-0.2, 0) is 9.53 Å². The molecule has 0 aliphatic heterocycles. The summed E-state index contributed by atoms with van der Waals surface area (Å²) in [4.78, 5) is 26.7. The molecule has 1 aromatic carbocycles. The van der Waals surface area contributed by atoms with Crippen LogP contribution in [0, 0.1) is 13.8 Å². The van der Waals surface area contributed by atoms with Crippen LogP contribution >= 0.6 is 11.3 Å². The van der Waals surface area contributed by atoms with E-state index in [1.165, 1.54) is 0 Å². The molecule has 2 atom stereocenters. The first-order valence-electron chi connectivity index (χ1n) is 8.51. The molecular weight excluding hydrogens is 334 g/mol. The molecule has 25 heavy (non-hydrogen) atoms. The van der Waals surface area contributed by atoms with Crippen LogP contribution in [-0.4, -0.2) is 18.0 Å². The Bertz CT molecular complexity index is 766. The highest BCUT2D eigenvalue weighted by molar-refractivity contribution is 7.12. The fraction of sp³-hybridized carbons (Fsp3) is 0.400. The van der Waals surface area contributed by atoms with E-state index >= 15 is 0 Å². The van der Waals surface area contributed by atoms with Gasteiger partial charge in [0.15, 0.2) is 6.10 Å². The second-order valence-corrected chi connectivity index (χ2v) is 7.72. The topological polar surface area (TPSA) is 55.4 Å². The number of nitrogens with one attached hydrogen (secondary N) is 1. The van der Waals surface area contributed by atoms with E-state index in [9.17, 15) is 9.59 Å². The number of para-hydroxylation sites is 1. The van der Waals surface area contributed by atoms with Crippen molar-refractivity contribution in [3.05, 3.63) is 51.2 Å². The second-order valence-electron chi connectivity index (χ2n) is 6.26. The van der Waals surface area contributed by atoms with E-state index in [4.69, 9.17) is 4.74 Å². The summed E-state index contributed by atoms with van der Waals surface area (Å²) in [6.07, 6.45) is 0.117. The molecule has 0 saturated heterocycles. The van der Waals surface area contributed by atoms with Crippen LogP contribution in [0.2, 0.25) is 0 Å². The SMILES string of the molecule is CC[C@@H](C)c1ccccc1NC(=O)[C@H](C)OC(=O)c1cc(C)sc1C. The predicted octanol–water partition coefficient (Wildman–Crippen LogP) is 5.06. The van der Waals surface area contributed by atoms with E-state index in [1.807, 2.05) is 38.1 Å². The highest BCUT2D eigenvalue weighted by Gasteiger charge is 2.22. The Labute approximate surface area is 153 Å². The lowest BCUT2D eigenvalue weighted by Crippen LogP contribution is -2.30. The van der Waals surface area contributed by atoms with Gasteiger partial charge in [0.25, 0.3) is 5.91 Å². The van der Waals surface area contributed by atoms with Gasteiger partial charge in [-0.25, -0.2) is 4.79 Å². The van der Waals surface area contributed by atoms with Crippen LogP contribution < -0.4 is 5.32 Å². The van der Waals surface area contributed by atoms with E-state index in [1.54, 1.807) is 24.3 Å². The predicted molar refractivity (Wildman–Crippen MR) is 102 cm³/mol. The third-order valence-corrected chi connectivity index (χ3v) is 5.24. The van der Waals surface area contributed by atoms with E-state index in [0.717, 1.165) is 27.4 Å². The molecule has 134 valence electrons. The zero-order valence-electron chi connectivity index (χ0n) is 15.4. The number of benzene rings is 1. The molecule has 0 fully saturated rings. The van der Waals surface area contributed by atoms with Crippen LogP contribution in [0.15, 0.2) is 30.3 Å². The molecule has 0 saturated carbocycles. The molecule has 1 amide bonds. The van der Waals surface area contributed by atoms with E-state index < -0.39 is 12.1 Å². The zero-order chi connectivity index (χ0) is 18.6. The Balaban J connectivity index is 2.06. The maximum atomic E-state index is 12.4. The summed E-state index contributed by atoms with van der Waals surface area (Å²) in [5.74, 6) is -0.445. The number of amides is 1. The number of aryl methyl sites for hydroxylation is 2. The minimum absolute atomic E-state index is 0.325. The van der Waals surface area contributed by atoms with Crippen molar-refractivity contribution in [1.82, 2.24) is 0 Å². The van der Waals surface area contributed by atoms with Crippen molar-refractivity contribution < 1.29 is 14.3 Å². The summed E-state index contributed by atoms with van der Waals surface area (Å²) in [6.45, 7) is 9.64. The van der Waals surface area contributed by atoms with Gasteiger partial charge < -0.3 is 10.1 Å². The molecule has 0 aliphatic carbocycles. The number of carbonyl (C=O) groups excluding carboxylic acids is 2. The van der Waals surface area contributed by atoms with E-state index in [2.05, 4.69) is 19.2 Å². The fourth-order valence-corrected chi connectivity index (χ4v) is 3.52. The van der Waals surface area contributed by atoms with Crippen molar-refractivity contribution >= 4 is 28.9 Å². The number of esters is 1. The van der Waals surface area contributed by atoms with Crippen molar-refractivity contribution in [3.63, 3.8) is 0 Å². The standard InChI is InChI=1S/C20H25NO3S/c1-6-12(2)16-9-7-8-10-18(16)21-19(22)14(4)24-20(23)17-11-13(3)25-15(17)5/h7-12,14H,6H2,1-5H3,(H,21,22)/t12-,14+/m1/s1. The summed E-state index contributed by atoms with van der Waals surface area (Å²) in [7, 11) is 0. The maximum Gasteiger partial charge on any atom is 0.340 e. The van der Waals surface area contributed by atoms with Crippen molar-refractivity contribution in [2.24, 2.45) is 0 Å². The molecule has 5 heteroatoms. The number of ether oxygens (including phenoxy) is 1. The fourth-order valence-electron chi connectivity index (χ4n) is 2.61. The smallest absolute Gasteiger partial charge is 0.340 e. The maximum absolute atomic E-state index is 12.4. The molecule has 4 nitrogen and oxygen atoms in total. The largest absolute Gasteiger partial charge is 0.449 e. The number of hydrogen-bond acceptors (Lipinski definition) is 4. The van der Waals surface area contributed by atoms with Gasteiger partial charge in [-0.1, -0.05) is 32.0 Å². The van der Waals surface area contributed by atoms with Gasteiger partial charge in [-0.15, -0.1) is 11.3 Å². The van der Waals surface area contributed by atoms with Gasteiger partial charge >= 0.3 is 5.97 Å². The van der Waals surface area contributed by atoms with Crippen LogP contribution in [0.25, 0.3) is 0 Å². The van der Waals surface area contributed by atoms with Gasteiger partial charge in [-0.3, -0.25) is 4.79 Å². The Hall–Kier alpha value is -2.14. The summed E-state index contributed by atoms with van der Waals surface area (Å²) in [5, 5.41) is 2.89. The van der Waals surface area contributed by atoms with E-state index in [-0.39, 0.29) is 5.91 Å². The molecule has 1 N–H and O–H groups in total. The highest BCUT2D eigenvalue weighted by Crippen LogP contribution is 2.27. The van der Waals surface area contributed by atoms with Crippen molar-refractivity contribution in [3.8, 4) is 0 Å². The molecule has 1 heterocycles. The average Bonchev–Trinajstić information content (AvgIpc) is 2.93. The monoisotopic (exact) mass is 359 g/mol. The van der Waals surface area contributed by atoms with Gasteiger partial charge in [0.05, 0.1) is 5.56 Å². The molecular formula is C20H25NO3S. The molecule has 0 radical (unpaired) electrons. The van der Waals surface area contributed by atoms with Crippen molar-refractivity contribution in [2.45, 2.75) is 53.1 Å². The highest BCUT2D eigenvalue weighted by atomic mass is 32.1. The number of rotatable bonds is 6. The van der Waals surface area contributed by atoms with Gasteiger partial charge in [0.1, 0.15) is 0 Å². The summed E-state index contributed by atoms with van der Waals surface area (Å²) in [5.41, 5.74) is 2.38. The number of carbonyl (C=O) groups is 2. The molecule has 0 unspecified atom stereocenters. The first-order chi connectivity index (χ1) is 11.8. The Kier molecular flexibility index (Phi) is 6.37. The van der Waals surface area contributed by atoms with Gasteiger partial charge in [0, 0.05) is 15.4 Å². The van der Waals surface area contributed by atoms with Crippen LogP contribution in [0.3, 0.4) is 0 Å². The molecule has 0 bridgehead atoms. The minimum atomic E-state index is -0.864. The first kappa shape index (κ1) is 19.2. The van der Waals surface area contributed by atoms with Crippen LogP contribution in [0.4, 0.5) is 5.69 Å². The molecule has 2 aromatic rings. The number of anilines is 1. The Morgan fingerprint density at radius 3 is 2.48 bits per heavy atom. The van der Waals surface area contributed by atoms with Gasteiger partial charge in [-0.2, -0.15) is 0 Å². The normalized spacial score (nSPS) is 13.2. The number of thiophene rings is 1. The molecule has 0 aliphatic rings. The minimum Gasteiger partial charge on any atom is -0.449 e. The summed E-state index contributed by atoms with van der Waals surface area (Å²) < 4.78 is 5.35. The van der Waals surface area contributed by atoms with Crippen LogP contribution in [0.1, 0.15) is 58.8 Å². The lowest BCUT2D eigenvalue weighted by Gasteiger charge is -2.18. The van der Waals surface area contributed by atoms with Crippen molar-refractivity contribution in [2.75, 3.05) is 5.32 Å². The quantitative estimate of drug-likeness (QED) is 0.733. The third kappa shape index (κ3) is 4.69. The van der Waals surface area contributed by atoms with Crippen LogP contribution in [0.5, 0.6) is 0 Å².